The van der Waals surface area contributed by atoms with E-state index < -0.39 is 6.09 Å². The topological polar surface area (TPSA) is 64.3 Å². The number of thioether (sulfide) groups is 1. The van der Waals surface area contributed by atoms with Gasteiger partial charge in [-0.15, -0.1) is 0 Å². The van der Waals surface area contributed by atoms with Crippen molar-refractivity contribution in [1.29, 1.82) is 0 Å². The zero-order valence-corrected chi connectivity index (χ0v) is 14.3. The molecule has 0 fully saturated rings. The number of ether oxygens (including phenoxy) is 1. The Morgan fingerprint density at radius 3 is 2.91 bits per heavy atom. The molecule has 2 aliphatic heterocycles. The van der Waals surface area contributed by atoms with Gasteiger partial charge in [-0.1, -0.05) is 38.6 Å². The van der Waals surface area contributed by atoms with E-state index in [1.807, 2.05) is 0 Å². The molecule has 2 unspecified atom stereocenters. The summed E-state index contributed by atoms with van der Waals surface area (Å²) in [5.74, 6) is 0.733. The molecule has 0 aromatic carbocycles. The van der Waals surface area contributed by atoms with Gasteiger partial charge in [0, 0.05) is 10.6 Å². The Kier molecular flexibility index (Phi) is 4.02. The lowest BCUT2D eigenvalue weighted by Crippen LogP contribution is -2.34. The molecule has 2 heterocycles. The molecule has 4 nitrogen and oxygen atoms in total. The summed E-state index contributed by atoms with van der Waals surface area (Å²) in [4.78, 5) is 11.8. The second-order valence-corrected chi connectivity index (χ2v) is 8.55. The second-order valence-electron chi connectivity index (χ2n) is 7.31. The predicted molar refractivity (Wildman–Crippen MR) is 90.0 cm³/mol. The predicted octanol–water partition coefficient (Wildman–Crippen LogP) is 3.67. The first-order valence-electron chi connectivity index (χ1n) is 7.82. The van der Waals surface area contributed by atoms with Gasteiger partial charge in [0.1, 0.15) is 12.0 Å². The fourth-order valence-corrected chi connectivity index (χ4v) is 4.45. The fraction of sp³-hybridized carbons (Fsp3) is 0.588. The van der Waals surface area contributed by atoms with E-state index in [2.05, 4.69) is 38.2 Å². The maximum absolute atomic E-state index is 10.7. The highest BCUT2D eigenvalue weighted by Gasteiger charge is 2.34. The number of nitrogens with one attached hydrogen (secondary N) is 1. The van der Waals surface area contributed by atoms with Crippen molar-refractivity contribution >= 4 is 17.9 Å². The number of rotatable bonds is 2. The third-order valence-electron chi connectivity index (χ3n) is 4.72. The highest BCUT2D eigenvalue weighted by Crippen LogP contribution is 2.45. The van der Waals surface area contributed by atoms with E-state index in [-0.39, 0.29) is 12.0 Å². The molecule has 22 heavy (non-hydrogen) atoms. The summed E-state index contributed by atoms with van der Waals surface area (Å²) in [6.45, 7) is 7.27. The molecule has 0 saturated carbocycles. The maximum Gasteiger partial charge on any atom is 0.404 e. The van der Waals surface area contributed by atoms with Crippen LogP contribution in [0.1, 0.15) is 40.0 Å². The first-order valence-corrected chi connectivity index (χ1v) is 8.70. The minimum atomic E-state index is -0.719. The Balaban J connectivity index is 1.73. The Hall–Kier alpha value is -1.36. The molecule has 0 aromatic heterocycles. The van der Waals surface area contributed by atoms with E-state index in [0.717, 1.165) is 23.7 Å². The highest BCUT2D eigenvalue weighted by molar-refractivity contribution is 8.04. The quantitative estimate of drug-likeness (QED) is 0.815. The first-order chi connectivity index (χ1) is 10.3. The summed E-state index contributed by atoms with van der Waals surface area (Å²) >= 11 is 1.71. The van der Waals surface area contributed by atoms with Crippen molar-refractivity contribution in [2.24, 2.45) is 17.1 Å². The molecule has 1 amide bonds. The monoisotopic (exact) mass is 320 g/mol. The van der Waals surface area contributed by atoms with Gasteiger partial charge in [0.25, 0.3) is 0 Å². The molecule has 2 atom stereocenters. The summed E-state index contributed by atoms with van der Waals surface area (Å²) in [5.41, 5.74) is 9.51. The van der Waals surface area contributed by atoms with Crippen molar-refractivity contribution in [1.82, 2.24) is 5.32 Å². The van der Waals surface area contributed by atoms with Crippen LogP contribution in [0.4, 0.5) is 4.79 Å². The van der Waals surface area contributed by atoms with Crippen LogP contribution in [0.5, 0.6) is 0 Å². The first kappa shape index (κ1) is 15.5. The molecule has 3 rings (SSSR count). The van der Waals surface area contributed by atoms with Crippen molar-refractivity contribution in [2.75, 3.05) is 6.61 Å². The summed E-state index contributed by atoms with van der Waals surface area (Å²) in [7, 11) is 0. The zero-order valence-electron chi connectivity index (χ0n) is 13.4. The standard InChI is InChI=1S/C17H24N2O2S/c1-17(2,3)12-4-5-14-10(7-12)6-11-8-13(9-21-16(18)20)22-15(11)19-14/h6,8,12,15,19H,4-5,7,9H2,1-3H3,(H2,18,20). The third-order valence-corrected chi connectivity index (χ3v) is 5.89. The molecule has 0 radical (unpaired) electrons. The number of fused-ring (bicyclic) bond motifs is 1. The molecule has 0 bridgehead atoms. The van der Waals surface area contributed by atoms with Crippen LogP contribution < -0.4 is 11.1 Å². The lowest BCUT2D eigenvalue weighted by atomic mass is 9.71. The van der Waals surface area contributed by atoms with Gasteiger partial charge in [-0.25, -0.2) is 4.79 Å². The smallest absolute Gasteiger partial charge is 0.404 e. The van der Waals surface area contributed by atoms with Gasteiger partial charge in [-0.05, 0) is 47.8 Å². The summed E-state index contributed by atoms with van der Waals surface area (Å²) in [5, 5.41) is 3.92. The maximum atomic E-state index is 10.7. The Morgan fingerprint density at radius 1 is 1.45 bits per heavy atom. The molecule has 3 aliphatic rings. The van der Waals surface area contributed by atoms with E-state index in [1.165, 1.54) is 23.3 Å². The molecular formula is C17H24N2O2S. The van der Waals surface area contributed by atoms with Gasteiger partial charge in [0.05, 0.1) is 0 Å². The van der Waals surface area contributed by atoms with Gasteiger partial charge in [0.2, 0.25) is 0 Å². The van der Waals surface area contributed by atoms with Gasteiger partial charge in [-0.3, -0.25) is 0 Å². The number of amides is 1. The molecule has 5 heteroatoms. The minimum Gasteiger partial charge on any atom is -0.444 e. The Labute approximate surface area is 136 Å². The lowest BCUT2D eigenvalue weighted by Gasteiger charge is -2.38. The number of hydrogen-bond acceptors (Lipinski definition) is 4. The SMILES string of the molecule is CC(C)(C)C1CCC2=C(C=C3C=C(COC(N)=O)SC3N2)C1. The second kappa shape index (κ2) is 5.69. The average Bonchev–Trinajstić information content (AvgIpc) is 2.82. The van der Waals surface area contributed by atoms with E-state index >= 15 is 0 Å². The number of primary amides is 1. The third kappa shape index (κ3) is 3.19. The average molecular weight is 320 g/mol. The van der Waals surface area contributed by atoms with Crippen molar-refractivity contribution in [3.8, 4) is 0 Å². The van der Waals surface area contributed by atoms with Gasteiger partial charge in [0.15, 0.2) is 0 Å². The van der Waals surface area contributed by atoms with Crippen LogP contribution in [0.25, 0.3) is 0 Å². The Morgan fingerprint density at radius 2 is 2.23 bits per heavy atom. The zero-order chi connectivity index (χ0) is 15.9. The van der Waals surface area contributed by atoms with Gasteiger partial charge < -0.3 is 15.8 Å². The number of carbonyl (C=O) groups is 1. The summed E-state index contributed by atoms with van der Waals surface area (Å²) in [6, 6.07) is 0. The van der Waals surface area contributed by atoms with E-state index in [4.69, 9.17) is 10.5 Å². The molecule has 0 aromatic rings. The fourth-order valence-electron chi connectivity index (χ4n) is 3.34. The summed E-state index contributed by atoms with van der Waals surface area (Å²) in [6.07, 6.45) is 7.26. The number of hydrogen-bond donors (Lipinski definition) is 2. The normalized spacial score (nSPS) is 27.4. The molecule has 120 valence electrons. The van der Waals surface area contributed by atoms with Gasteiger partial charge in [-0.2, -0.15) is 0 Å². The van der Waals surface area contributed by atoms with Gasteiger partial charge >= 0.3 is 6.09 Å². The molecule has 1 aliphatic carbocycles. The van der Waals surface area contributed by atoms with Crippen LogP contribution in [0.3, 0.4) is 0 Å². The minimum absolute atomic E-state index is 0.261. The number of nitrogens with two attached hydrogens (primary N) is 1. The number of dihydropyridines is 1. The van der Waals surface area contributed by atoms with Crippen molar-refractivity contribution in [3.05, 3.63) is 33.9 Å². The van der Waals surface area contributed by atoms with E-state index in [9.17, 15) is 4.79 Å². The van der Waals surface area contributed by atoms with Crippen LogP contribution in [0.2, 0.25) is 0 Å². The van der Waals surface area contributed by atoms with Crippen LogP contribution in [0, 0.1) is 11.3 Å². The molecule has 0 saturated heterocycles. The van der Waals surface area contributed by atoms with E-state index in [1.54, 1.807) is 11.8 Å². The molecule has 0 spiro atoms. The van der Waals surface area contributed by atoms with Crippen molar-refractivity contribution in [3.63, 3.8) is 0 Å². The number of allylic oxidation sites excluding steroid dienone is 3. The highest BCUT2D eigenvalue weighted by atomic mass is 32.2. The van der Waals surface area contributed by atoms with Crippen LogP contribution in [0.15, 0.2) is 33.9 Å². The van der Waals surface area contributed by atoms with Crippen LogP contribution in [-0.4, -0.2) is 18.1 Å². The van der Waals surface area contributed by atoms with Crippen LogP contribution in [-0.2, 0) is 4.74 Å². The van der Waals surface area contributed by atoms with Crippen LogP contribution >= 0.6 is 11.8 Å². The lowest BCUT2D eigenvalue weighted by molar-refractivity contribution is 0.168. The molecule has 3 N–H and O–H groups in total. The molecular weight excluding hydrogens is 296 g/mol. The largest absolute Gasteiger partial charge is 0.444 e. The van der Waals surface area contributed by atoms with Crippen molar-refractivity contribution in [2.45, 2.75) is 45.4 Å². The number of carbonyl (C=O) groups excluding carboxylic acids is 1. The Bertz CT molecular complexity index is 584. The van der Waals surface area contributed by atoms with Crippen molar-refractivity contribution < 1.29 is 9.53 Å². The summed E-state index contributed by atoms with van der Waals surface area (Å²) < 4.78 is 4.89. The van der Waals surface area contributed by atoms with E-state index in [0.29, 0.717) is 5.41 Å².